The van der Waals surface area contributed by atoms with E-state index in [0.29, 0.717) is 18.1 Å². The van der Waals surface area contributed by atoms with Crippen molar-refractivity contribution >= 4 is 5.91 Å². The normalized spacial score (nSPS) is 11.7. The Bertz CT molecular complexity index is 1170. The Morgan fingerprint density at radius 2 is 1.78 bits per heavy atom. The number of aromatic nitrogens is 2. The van der Waals surface area contributed by atoms with E-state index in [4.69, 9.17) is 9.26 Å². The summed E-state index contributed by atoms with van der Waals surface area (Å²) in [4.78, 5) is 17.4. The fraction of sp³-hybridized carbons (Fsp3) is 0.192. The van der Waals surface area contributed by atoms with E-state index < -0.39 is 6.04 Å². The molecule has 1 amide bonds. The molecule has 3 aromatic carbocycles. The molecular formula is C26H25N3O3. The van der Waals surface area contributed by atoms with Crippen molar-refractivity contribution in [2.24, 2.45) is 0 Å². The number of ether oxygens (including phenoxy) is 1. The topological polar surface area (TPSA) is 77.2 Å². The van der Waals surface area contributed by atoms with Gasteiger partial charge < -0.3 is 14.6 Å². The van der Waals surface area contributed by atoms with Crippen molar-refractivity contribution in [1.82, 2.24) is 15.5 Å². The summed E-state index contributed by atoms with van der Waals surface area (Å²) >= 11 is 0. The van der Waals surface area contributed by atoms with Crippen LogP contribution in [0.2, 0.25) is 0 Å². The van der Waals surface area contributed by atoms with Crippen LogP contribution in [0.15, 0.2) is 83.4 Å². The number of carbonyl (C=O) groups excluding carboxylic acids is 1. The van der Waals surface area contributed by atoms with Gasteiger partial charge in [-0.3, -0.25) is 4.79 Å². The molecule has 0 aliphatic heterocycles. The third-order valence-electron chi connectivity index (χ3n) is 5.16. The van der Waals surface area contributed by atoms with Gasteiger partial charge in [0.1, 0.15) is 11.8 Å². The molecule has 1 atom stereocenters. The Balaban J connectivity index is 1.54. The Morgan fingerprint density at radius 3 is 2.50 bits per heavy atom. The fourth-order valence-corrected chi connectivity index (χ4v) is 3.50. The Morgan fingerprint density at radius 1 is 1.00 bits per heavy atom. The van der Waals surface area contributed by atoms with Crippen molar-refractivity contribution < 1.29 is 14.1 Å². The second kappa shape index (κ2) is 9.92. The van der Waals surface area contributed by atoms with E-state index in [0.717, 1.165) is 28.0 Å². The van der Waals surface area contributed by atoms with Crippen LogP contribution in [0, 0.1) is 6.92 Å². The van der Waals surface area contributed by atoms with Crippen LogP contribution in [0.1, 0.15) is 28.6 Å². The smallest absolute Gasteiger partial charge is 0.249 e. The molecule has 1 aromatic heterocycles. The van der Waals surface area contributed by atoms with Gasteiger partial charge in [-0.05, 0) is 36.2 Å². The first kappa shape index (κ1) is 21.3. The zero-order valence-corrected chi connectivity index (χ0v) is 18.1. The number of carbonyl (C=O) groups is 1. The zero-order valence-electron chi connectivity index (χ0n) is 18.1. The summed E-state index contributed by atoms with van der Waals surface area (Å²) < 4.78 is 10.8. The van der Waals surface area contributed by atoms with Gasteiger partial charge in [-0.15, -0.1) is 0 Å². The number of aryl methyl sites for hydroxylation is 1. The van der Waals surface area contributed by atoms with Crippen LogP contribution in [0.3, 0.4) is 0 Å². The van der Waals surface area contributed by atoms with Crippen molar-refractivity contribution in [3.05, 3.63) is 101 Å². The number of hydrogen-bond acceptors (Lipinski definition) is 5. The number of rotatable bonds is 8. The highest BCUT2D eigenvalue weighted by Crippen LogP contribution is 2.22. The predicted molar refractivity (Wildman–Crippen MR) is 122 cm³/mol. The molecule has 6 heteroatoms. The number of amides is 1. The third-order valence-corrected chi connectivity index (χ3v) is 5.16. The average Bonchev–Trinajstić information content (AvgIpc) is 3.30. The largest absolute Gasteiger partial charge is 0.497 e. The SMILES string of the molecule is COc1ccc(CC(=O)NC(Cc2ccccc2)c2nc(-c3cccc(C)c3)no2)cc1. The van der Waals surface area contributed by atoms with Crippen LogP contribution in [-0.2, 0) is 17.6 Å². The number of nitrogens with zero attached hydrogens (tertiary/aromatic N) is 2. The molecule has 32 heavy (non-hydrogen) atoms. The summed E-state index contributed by atoms with van der Waals surface area (Å²) in [6, 6.07) is 24.9. The molecule has 1 N–H and O–H groups in total. The van der Waals surface area contributed by atoms with Gasteiger partial charge >= 0.3 is 0 Å². The predicted octanol–water partition coefficient (Wildman–Crippen LogP) is 4.70. The zero-order chi connectivity index (χ0) is 22.3. The highest BCUT2D eigenvalue weighted by Gasteiger charge is 2.22. The lowest BCUT2D eigenvalue weighted by molar-refractivity contribution is -0.121. The lowest BCUT2D eigenvalue weighted by atomic mass is 10.0. The molecule has 1 unspecified atom stereocenters. The maximum absolute atomic E-state index is 12.8. The molecule has 0 radical (unpaired) electrons. The van der Waals surface area contributed by atoms with E-state index in [1.807, 2.05) is 85.8 Å². The van der Waals surface area contributed by atoms with Crippen molar-refractivity contribution in [1.29, 1.82) is 0 Å². The quantitative estimate of drug-likeness (QED) is 0.441. The van der Waals surface area contributed by atoms with E-state index in [-0.39, 0.29) is 12.3 Å². The molecule has 0 spiro atoms. The van der Waals surface area contributed by atoms with Crippen molar-refractivity contribution in [3.63, 3.8) is 0 Å². The van der Waals surface area contributed by atoms with Crippen LogP contribution < -0.4 is 10.1 Å². The van der Waals surface area contributed by atoms with Gasteiger partial charge in [0.25, 0.3) is 0 Å². The summed E-state index contributed by atoms with van der Waals surface area (Å²) in [6.45, 7) is 2.02. The summed E-state index contributed by atoms with van der Waals surface area (Å²) in [7, 11) is 1.62. The molecule has 1 heterocycles. The van der Waals surface area contributed by atoms with Crippen LogP contribution in [0.4, 0.5) is 0 Å². The number of benzene rings is 3. The molecule has 0 saturated carbocycles. The van der Waals surface area contributed by atoms with E-state index in [2.05, 4.69) is 15.5 Å². The number of hydrogen-bond donors (Lipinski definition) is 1. The second-order valence-electron chi connectivity index (χ2n) is 7.66. The highest BCUT2D eigenvalue weighted by molar-refractivity contribution is 5.79. The van der Waals surface area contributed by atoms with Crippen LogP contribution in [0.25, 0.3) is 11.4 Å². The monoisotopic (exact) mass is 427 g/mol. The maximum atomic E-state index is 12.8. The summed E-state index contributed by atoms with van der Waals surface area (Å²) in [6.07, 6.45) is 0.790. The first-order chi connectivity index (χ1) is 15.6. The minimum absolute atomic E-state index is 0.119. The van der Waals surface area contributed by atoms with Crippen LogP contribution in [0.5, 0.6) is 5.75 Å². The fourth-order valence-electron chi connectivity index (χ4n) is 3.50. The van der Waals surface area contributed by atoms with E-state index in [1.54, 1.807) is 7.11 Å². The van der Waals surface area contributed by atoms with Gasteiger partial charge in [0.2, 0.25) is 17.6 Å². The van der Waals surface area contributed by atoms with E-state index in [1.165, 1.54) is 0 Å². The molecule has 0 aliphatic carbocycles. The molecule has 0 saturated heterocycles. The Kier molecular flexibility index (Phi) is 6.60. The molecule has 0 aliphatic rings. The van der Waals surface area contributed by atoms with Crippen LogP contribution in [-0.4, -0.2) is 23.2 Å². The van der Waals surface area contributed by atoms with E-state index in [9.17, 15) is 4.79 Å². The van der Waals surface area contributed by atoms with Gasteiger partial charge in [-0.25, -0.2) is 0 Å². The minimum Gasteiger partial charge on any atom is -0.497 e. The molecule has 0 bridgehead atoms. The van der Waals surface area contributed by atoms with Gasteiger partial charge in [-0.2, -0.15) is 4.98 Å². The molecule has 4 rings (SSSR count). The average molecular weight is 428 g/mol. The van der Waals surface area contributed by atoms with Gasteiger partial charge in [0.05, 0.1) is 13.5 Å². The summed E-state index contributed by atoms with van der Waals surface area (Å²) in [5, 5.41) is 7.22. The van der Waals surface area contributed by atoms with Crippen LogP contribution >= 0.6 is 0 Å². The number of nitrogens with one attached hydrogen (secondary N) is 1. The molecular weight excluding hydrogens is 402 g/mol. The number of methoxy groups -OCH3 is 1. The molecule has 0 fully saturated rings. The van der Waals surface area contributed by atoms with Crippen molar-refractivity contribution in [2.45, 2.75) is 25.8 Å². The Hall–Kier alpha value is -3.93. The minimum atomic E-state index is -0.436. The van der Waals surface area contributed by atoms with Gasteiger partial charge in [0, 0.05) is 12.0 Å². The third kappa shape index (κ3) is 5.40. The Labute approximate surface area is 187 Å². The molecule has 4 aromatic rings. The molecule has 6 nitrogen and oxygen atoms in total. The highest BCUT2D eigenvalue weighted by atomic mass is 16.5. The summed E-state index contributed by atoms with van der Waals surface area (Å²) in [5.41, 5.74) is 3.95. The second-order valence-corrected chi connectivity index (χ2v) is 7.66. The first-order valence-electron chi connectivity index (χ1n) is 10.5. The summed E-state index contributed by atoms with van der Waals surface area (Å²) in [5.74, 6) is 1.52. The first-order valence-corrected chi connectivity index (χ1v) is 10.5. The lowest BCUT2D eigenvalue weighted by Gasteiger charge is -2.15. The lowest BCUT2D eigenvalue weighted by Crippen LogP contribution is -2.31. The van der Waals surface area contributed by atoms with E-state index >= 15 is 0 Å². The van der Waals surface area contributed by atoms with Crippen molar-refractivity contribution in [3.8, 4) is 17.1 Å². The van der Waals surface area contributed by atoms with Crippen molar-refractivity contribution in [2.75, 3.05) is 7.11 Å². The van der Waals surface area contributed by atoms with Gasteiger partial charge in [0.15, 0.2) is 0 Å². The maximum Gasteiger partial charge on any atom is 0.249 e. The van der Waals surface area contributed by atoms with Gasteiger partial charge in [-0.1, -0.05) is 71.4 Å². The molecule has 162 valence electrons. The standard InChI is InChI=1S/C26H25N3O3/c1-18-7-6-10-21(15-18)25-28-26(32-29-25)23(16-19-8-4-3-5-9-19)27-24(30)17-20-11-13-22(31-2)14-12-20/h3-15,23H,16-17H2,1-2H3,(H,27,30).